The van der Waals surface area contributed by atoms with Crippen LogP contribution in [0.25, 0.3) is 0 Å². The summed E-state index contributed by atoms with van der Waals surface area (Å²) in [4.78, 5) is 21.9. The van der Waals surface area contributed by atoms with E-state index in [1.165, 1.54) is 25.1 Å². The second-order valence-corrected chi connectivity index (χ2v) is 4.85. The zero-order valence-electron chi connectivity index (χ0n) is 12.5. The molecule has 2 aromatic carbocycles. The lowest BCUT2D eigenvalue weighted by molar-refractivity contribution is -0.384. The number of hydrogen-bond donors (Lipinski definition) is 2. The third-order valence-corrected chi connectivity index (χ3v) is 3.22. The second kappa shape index (κ2) is 7.35. The Hall–Kier alpha value is -2.96. The molecule has 6 nitrogen and oxygen atoms in total. The van der Waals surface area contributed by atoms with Crippen molar-refractivity contribution in [2.24, 2.45) is 0 Å². The molecule has 0 aliphatic carbocycles. The van der Waals surface area contributed by atoms with Crippen molar-refractivity contribution in [3.05, 3.63) is 64.0 Å². The molecule has 0 saturated heterocycles. The molecule has 0 heterocycles. The summed E-state index contributed by atoms with van der Waals surface area (Å²) in [7, 11) is 0. The molecule has 0 atom stereocenters. The van der Waals surface area contributed by atoms with Gasteiger partial charge in [-0.05, 0) is 25.1 Å². The molecule has 120 valence electrons. The minimum Gasteiger partial charge on any atom is -0.383 e. The number of benzene rings is 2. The van der Waals surface area contributed by atoms with Gasteiger partial charge in [0.15, 0.2) is 5.78 Å². The zero-order chi connectivity index (χ0) is 16.8. The monoisotopic (exact) mass is 317 g/mol. The molecule has 0 aromatic heterocycles. The summed E-state index contributed by atoms with van der Waals surface area (Å²) in [5.74, 6) is -0.939. The number of ketones is 1. The van der Waals surface area contributed by atoms with Gasteiger partial charge in [-0.1, -0.05) is 18.2 Å². The predicted molar refractivity (Wildman–Crippen MR) is 86.5 cm³/mol. The van der Waals surface area contributed by atoms with Crippen LogP contribution in [-0.4, -0.2) is 23.8 Å². The van der Waals surface area contributed by atoms with Crippen LogP contribution in [0.2, 0.25) is 0 Å². The maximum atomic E-state index is 13.7. The Morgan fingerprint density at radius 2 is 1.70 bits per heavy atom. The maximum Gasteiger partial charge on any atom is 0.292 e. The van der Waals surface area contributed by atoms with Crippen LogP contribution < -0.4 is 10.6 Å². The summed E-state index contributed by atoms with van der Waals surface area (Å²) in [6.45, 7) is 2.05. The third-order valence-electron chi connectivity index (χ3n) is 3.22. The molecule has 0 amide bonds. The number of Topliss-reactive ketones (excluding diaryl/α,β-unsaturated/α-hetero) is 1. The van der Waals surface area contributed by atoms with Crippen LogP contribution in [0.5, 0.6) is 0 Å². The molecule has 0 saturated carbocycles. The fourth-order valence-corrected chi connectivity index (χ4v) is 2.21. The number of para-hydroxylation sites is 2. The predicted octanol–water partition coefficient (Wildman–Crippen LogP) is 3.46. The van der Waals surface area contributed by atoms with Crippen LogP contribution >= 0.6 is 0 Å². The van der Waals surface area contributed by atoms with E-state index in [1.54, 1.807) is 24.3 Å². The third kappa shape index (κ3) is 4.03. The largest absolute Gasteiger partial charge is 0.383 e. The summed E-state index contributed by atoms with van der Waals surface area (Å²) >= 11 is 0. The van der Waals surface area contributed by atoms with E-state index in [4.69, 9.17) is 0 Å². The Morgan fingerprint density at radius 1 is 1.09 bits per heavy atom. The normalized spacial score (nSPS) is 10.2. The first-order valence-electron chi connectivity index (χ1n) is 7.01. The number of carbonyl (C=O) groups is 1. The molecule has 23 heavy (non-hydrogen) atoms. The van der Waals surface area contributed by atoms with E-state index in [-0.39, 0.29) is 17.0 Å². The van der Waals surface area contributed by atoms with Gasteiger partial charge in [-0.15, -0.1) is 0 Å². The van der Waals surface area contributed by atoms with Crippen molar-refractivity contribution in [1.29, 1.82) is 0 Å². The highest BCUT2D eigenvalue weighted by atomic mass is 19.1. The topological polar surface area (TPSA) is 84.3 Å². The van der Waals surface area contributed by atoms with E-state index < -0.39 is 10.7 Å². The van der Waals surface area contributed by atoms with Crippen LogP contribution in [0.3, 0.4) is 0 Å². The molecule has 2 rings (SSSR count). The van der Waals surface area contributed by atoms with Gasteiger partial charge in [-0.2, -0.15) is 0 Å². The van der Waals surface area contributed by atoms with Gasteiger partial charge >= 0.3 is 0 Å². The number of nitro groups is 1. The number of hydrogen-bond acceptors (Lipinski definition) is 5. The summed E-state index contributed by atoms with van der Waals surface area (Å²) in [6, 6.07) is 10.7. The van der Waals surface area contributed by atoms with E-state index >= 15 is 0 Å². The van der Waals surface area contributed by atoms with Gasteiger partial charge in [-0.3, -0.25) is 14.9 Å². The number of rotatable bonds is 7. The van der Waals surface area contributed by atoms with E-state index in [9.17, 15) is 19.3 Å². The van der Waals surface area contributed by atoms with E-state index in [0.717, 1.165) is 0 Å². The van der Waals surface area contributed by atoms with Crippen molar-refractivity contribution >= 4 is 22.8 Å². The van der Waals surface area contributed by atoms with Crippen molar-refractivity contribution in [2.75, 3.05) is 23.7 Å². The van der Waals surface area contributed by atoms with Crippen molar-refractivity contribution in [3.63, 3.8) is 0 Å². The minimum atomic E-state index is -0.575. The highest BCUT2D eigenvalue weighted by molar-refractivity contribution is 5.99. The van der Waals surface area contributed by atoms with Crippen LogP contribution in [-0.2, 0) is 0 Å². The average molecular weight is 317 g/mol. The van der Waals surface area contributed by atoms with E-state index in [1.807, 2.05) is 0 Å². The Morgan fingerprint density at radius 3 is 2.35 bits per heavy atom. The van der Waals surface area contributed by atoms with Crippen LogP contribution in [0.1, 0.15) is 17.3 Å². The van der Waals surface area contributed by atoms with Gasteiger partial charge in [0.1, 0.15) is 11.5 Å². The van der Waals surface area contributed by atoms with E-state index in [2.05, 4.69) is 10.6 Å². The van der Waals surface area contributed by atoms with Crippen molar-refractivity contribution in [2.45, 2.75) is 6.92 Å². The lowest BCUT2D eigenvalue weighted by Crippen LogP contribution is -2.16. The number of carbonyl (C=O) groups excluding carboxylic acids is 1. The fraction of sp³-hybridized carbons (Fsp3) is 0.188. The molecule has 2 aromatic rings. The Bertz CT molecular complexity index is 734. The first-order valence-corrected chi connectivity index (χ1v) is 7.01. The molecule has 0 bridgehead atoms. The molecular formula is C16H16FN3O3. The molecule has 0 fully saturated rings. The summed E-state index contributed by atoms with van der Waals surface area (Å²) in [5.41, 5.74) is 0.813. The summed E-state index contributed by atoms with van der Waals surface area (Å²) in [5, 5.41) is 16.8. The van der Waals surface area contributed by atoms with Crippen LogP contribution in [0.15, 0.2) is 42.5 Å². The second-order valence-electron chi connectivity index (χ2n) is 4.85. The molecule has 0 aliphatic heterocycles. The van der Waals surface area contributed by atoms with Crippen molar-refractivity contribution in [3.8, 4) is 0 Å². The molecule has 0 spiro atoms. The lowest BCUT2D eigenvalue weighted by Gasteiger charge is -2.12. The molecule has 0 radical (unpaired) electrons. The molecule has 0 unspecified atom stereocenters. The first kappa shape index (κ1) is 16.4. The Kier molecular flexibility index (Phi) is 5.24. The zero-order valence-corrected chi connectivity index (χ0v) is 12.5. The highest BCUT2D eigenvalue weighted by Gasteiger charge is 2.13. The van der Waals surface area contributed by atoms with Gasteiger partial charge in [-0.25, -0.2) is 4.39 Å². The standard InChI is InChI=1S/C16H16FN3O3/c1-11(21)16-12(17)5-4-7-14(16)19-10-9-18-13-6-2-3-8-15(13)20(22)23/h2-8,18-19H,9-10H2,1H3. The Balaban J connectivity index is 1.98. The average Bonchev–Trinajstić information content (AvgIpc) is 2.51. The number of nitro benzene ring substituents is 1. The minimum absolute atomic E-state index is 0.0114. The van der Waals surface area contributed by atoms with Crippen LogP contribution in [0, 0.1) is 15.9 Å². The number of nitrogens with zero attached hydrogens (tertiary/aromatic N) is 1. The summed E-state index contributed by atoms with van der Waals surface area (Å²) in [6.07, 6.45) is 0. The quantitative estimate of drug-likeness (QED) is 0.353. The maximum absolute atomic E-state index is 13.7. The van der Waals surface area contributed by atoms with Crippen LogP contribution in [0.4, 0.5) is 21.5 Å². The Labute approximate surface area is 132 Å². The number of anilines is 2. The summed E-state index contributed by atoms with van der Waals surface area (Å²) < 4.78 is 13.7. The number of nitrogens with one attached hydrogen (secondary N) is 2. The SMILES string of the molecule is CC(=O)c1c(F)cccc1NCCNc1ccccc1[N+](=O)[O-]. The number of halogens is 1. The lowest BCUT2D eigenvalue weighted by atomic mass is 10.1. The van der Waals surface area contributed by atoms with Gasteiger partial charge in [0.25, 0.3) is 5.69 Å². The first-order chi connectivity index (χ1) is 11.0. The molecular weight excluding hydrogens is 301 g/mol. The van der Waals surface area contributed by atoms with Crippen molar-refractivity contribution < 1.29 is 14.1 Å². The van der Waals surface area contributed by atoms with Gasteiger partial charge in [0.05, 0.1) is 10.5 Å². The fourth-order valence-electron chi connectivity index (χ4n) is 2.21. The van der Waals surface area contributed by atoms with E-state index in [0.29, 0.717) is 24.5 Å². The van der Waals surface area contributed by atoms with Gasteiger partial charge in [0.2, 0.25) is 0 Å². The van der Waals surface area contributed by atoms with Crippen molar-refractivity contribution in [1.82, 2.24) is 0 Å². The molecule has 7 heteroatoms. The molecule has 0 aliphatic rings. The molecule has 2 N–H and O–H groups in total. The van der Waals surface area contributed by atoms with Gasteiger partial charge < -0.3 is 10.6 Å². The smallest absolute Gasteiger partial charge is 0.292 e. The van der Waals surface area contributed by atoms with Gasteiger partial charge in [0, 0.05) is 24.8 Å². The highest BCUT2D eigenvalue weighted by Crippen LogP contribution is 2.23.